The second-order valence-corrected chi connectivity index (χ2v) is 4.61. The van der Waals surface area contributed by atoms with Gasteiger partial charge in [-0.05, 0) is 31.2 Å². The lowest BCUT2D eigenvalue weighted by Crippen LogP contribution is -2.20. The molecule has 0 aliphatic carbocycles. The second kappa shape index (κ2) is 5.76. The number of rotatable bonds is 4. The highest BCUT2D eigenvalue weighted by molar-refractivity contribution is 5.92. The third-order valence-electron chi connectivity index (χ3n) is 3.35. The van der Waals surface area contributed by atoms with E-state index >= 15 is 0 Å². The molecule has 3 aromatic rings. The van der Waals surface area contributed by atoms with Gasteiger partial charge >= 0.3 is 0 Å². The second-order valence-electron chi connectivity index (χ2n) is 4.61. The Balaban J connectivity index is 2.22. The van der Waals surface area contributed by atoms with Gasteiger partial charge in [0, 0.05) is 17.6 Å². The summed E-state index contributed by atoms with van der Waals surface area (Å²) in [6.45, 7) is 2.90. The molecule has 0 saturated carbocycles. The Labute approximate surface area is 123 Å². The first-order valence-electron chi connectivity index (χ1n) is 6.89. The monoisotopic (exact) mass is 279 g/mol. The highest BCUT2D eigenvalue weighted by atomic mass is 15.3. The van der Waals surface area contributed by atoms with Crippen LogP contribution in [0.4, 0.5) is 17.5 Å². The van der Waals surface area contributed by atoms with E-state index in [1.165, 1.54) is 0 Å². The Kier molecular flexibility index (Phi) is 3.66. The van der Waals surface area contributed by atoms with Gasteiger partial charge in [-0.1, -0.05) is 30.3 Å². The third-order valence-corrected chi connectivity index (χ3v) is 3.35. The summed E-state index contributed by atoms with van der Waals surface area (Å²) in [6.07, 6.45) is 0. The number of aromatic nitrogens is 2. The number of nitrogens with two attached hydrogens (primary N) is 1. The van der Waals surface area contributed by atoms with Gasteiger partial charge in [0.25, 0.3) is 0 Å². The molecule has 3 N–H and O–H groups in total. The third kappa shape index (κ3) is 2.51. The summed E-state index contributed by atoms with van der Waals surface area (Å²) in [5.74, 6) is 6.76. The number of hydrogen-bond acceptors (Lipinski definition) is 5. The van der Waals surface area contributed by atoms with Crippen molar-refractivity contribution in [1.29, 1.82) is 0 Å². The lowest BCUT2D eigenvalue weighted by atomic mass is 10.2. The van der Waals surface area contributed by atoms with Gasteiger partial charge in [0.2, 0.25) is 5.95 Å². The molecule has 1 heterocycles. The molecule has 5 heteroatoms. The van der Waals surface area contributed by atoms with E-state index in [9.17, 15) is 0 Å². The van der Waals surface area contributed by atoms with Crippen LogP contribution in [-0.2, 0) is 0 Å². The number of para-hydroxylation sites is 2. The first kappa shape index (κ1) is 13.3. The zero-order valence-electron chi connectivity index (χ0n) is 11.8. The first-order chi connectivity index (χ1) is 10.3. The lowest BCUT2D eigenvalue weighted by Gasteiger charge is -2.23. The fourth-order valence-electron chi connectivity index (χ4n) is 2.39. The average Bonchev–Trinajstić information content (AvgIpc) is 2.56. The Hall–Kier alpha value is -2.66. The quantitative estimate of drug-likeness (QED) is 0.567. The van der Waals surface area contributed by atoms with Crippen molar-refractivity contribution in [2.45, 2.75) is 6.92 Å². The van der Waals surface area contributed by atoms with E-state index < -0.39 is 0 Å². The number of hydrazine groups is 1. The molecular weight excluding hydrogens is 262 g/mol. The average molecular weight is 279 g/mol. The molecular formula is C16H17N5. The van der Waals surface area contributed by atoms with Gasteiger partial charge in [-0.2, -0.15) is 4.98 Å². The van der Waals surface area contributed by atoms with E-state index in [0.717, 1.165) is 29.0 Å². The van der Waals surface area contributed by atoms with Crippen LogP contribution in [0.25, 0.3) is 10.9 Å². The molecule has 0 aliphatic heterocycles. The van der Waals surface area contributed by atoms with E-state index in [1.807, 2.05) is 42.5 Å². The van der Waals surface area contributed by atoms with Gasteiger partial charge in [-0.25, -0.2) is 10.8 Å². The van der Waals surface area contributed by atoms with Crippen LogP contribution >= 0.6 is 0 Å². The SMILES string of the molecule is CCN(c1ccccc1)c1nc(NN)nc2ccccc12. The van der Waals surface area contributed by atoms with Crippen LogP contribution in [0, 0.1) is 0 Å². The fourth-order valence-corrected chi connectivity index (χ4v) is 2.39. The van der Waals surface area contributed by atoms with Gasteiger partial charge in [0.05, 0.1) is 5.52 Å². The molecule has 1 aromatic heterocycles. The van der Waals surface area contributed by atoms with Crippen molar-refractivity contribution in [3.63, 3.8) is 0 Å². The number of hydrogen-bond donors (Lipinski definition) is 2. The van der Waals surface area contributed by atoms with Crippen molar-refractivity contribution in [2.75, 3.05) is 16.9 Å². The number of nitrogens with zero attached hydrogens (tertiary/aromatic N) is 3. The van der Waals surface area contributed by atoms with Crippen molar-refractivity contribution in [3.05, 3.63) is 54.6 Å². The van der Waals surface area contributed by atoms with Gasteiger partial charge in [0.1, 0.15) is 5.82 Å². The van der Waals surface area contributed by atoms with Crippen molar-refractivity contribution < 1.29 is 0 Å². The molecule has 0 saturated heterocycles. The topological polar surface area (TPSA) is 67.1 Å². The molecule has 0 aliphatic rings. The van der Waals surface area contributed by atoms with Crippen LogP contribution in [0.1, 0.15) is 6.92 Å². The van der Waals surface area contributed by atoms with Crippen LogP contribution in [0.3, 0.4) is 0 Å². The van der Waals surface area contributed by atoms with Crippen molar-refractivity contribution >= 4 is 28.4 Å². The molecule has 21 heavy (non-hydrogen) atoms. The standard InChI is InChI=1S/C16H17N5/c1-2-21(12-8-4-3-5-9-12)15-13-10-6-7-11-14(13)18-16(19-15)20-17/h3-11H,2,17H2,1H3,(H,18,19,20). The Morgan fingerprint density at radius 3 is 2.43 bits per heavy atom. The predicted molar refractivity (Wildman–Crippen MR) is 86.5 cm³/mol. The van der Waals surface area contributed by atoms with Gasteiger partial charge < -0.3 is 4.90 Å². The van der Waals surface area contributed by atoms with Crippen LogP contribution in [0.2, 0.25) is 0 Å². The van der Waals surface area contributed by atoms with Crippen LogP contribution in [0.5, 0.6) is 0 Å². The Bertz CT molecular complexity index is 742. The normalized spacial score (nSPS) is 10.6. The summed E-state index contributed by atoms with van der Waals surface area (Å²) in [5.41, 5.74) is 4.50. The highest BCUT2D eigenvalue weighted by Gasteiger charge is 2.14. The molecule has 5 nitrogen and oxygen atoms in total. The van der Waals surface area contributed by atoms with E-state index in [2.05, 4.69) is 39.4 Å². The minimum Gasteiger partial charge on any atom is -0.326 e. The number of benzene rings is 2. The highest BCUT2D eigenvalue weighted by Crippen LogP contribution is 2.30. The van der Waals surface area contributed by atoms with Crippen LogP contribution < -0.4 is 16.2 Å². The number of nitrogens with one attached hydrogen (secondary N) is 1. The smallest absolute Gasteiger partial charge is 0.239 e. The first-order valence-corrected chi connectivity index (χ1v) is 6.89. The lowest BCUT2D eigenvalue weighted by molar-refractivity contribution is 0.987. The largest absolute Gasteiger partial charge is 0.326 e. The minimum absolute atomic E-state index is 0.415. The van der Waals surface area contributed by atoms with Gasteiger partial charge in [-0.3, -0.25) is 5.43 Å². The van der Waals surface area contributed by atoms with E-state index in [-0.39, 0.29) is 0 Å². The summed E-state index contributed by atoms with van der Waals surface area (Å²) in [6, 6.07) is 18.1. The van der Waals surface area contributed by atoms with Gasteiger partial charge in [-0.15, -0.1) is 0 Å². The maximum absolute atomic E-state index is 5.50. The fraction of sp³-hybridized carbons (Fsp3) is 0.125. The van der Waals surface area contributed by atoms with Crippen LogP contribution in [-0.4, -0.2) is 16.5 Å². The zero-order chi connectivity index (χ0) is 14.7. The summed E-state index contributed by atoms with van der Waals surface area (Å²) >= 11 is 0. The molecule has 2 aromatic carbocycles. The molecule has 0 atom stereocenters. The summed E-state index contributed by atoms with van der Waals surface area (Å²) in [4.78, 5) is 11.1. The molecule has 0 amide bonds. The summed E-state index contributed by atoms with van der Waals surface area (Å²) < 4.78 is 0. The minimum atomic E-state index is 0.415. The van der Waals surface area contributed by atoms with E-state index in [1.54, 1.807) is 0 Å². The maximum atomic E-state index is 5.50. The molecule has 0 spiro atoms. The molecule has 106 valence electrons. The number of nitrogen functional groups attached to an aromatic ring is 1. The summed E-state index contributed by atoms with van der Waals surface area (Å²) in [5, 5.41) is 1.00. The van der Waals surface area contributed by atoms with Crippen molar-refractivity contribution in [3.8, 4) is 0 Å². The Morgan fingerprint density at radius 2 is 1.71 bits per heavy atom. The number of fused-ring (bicyclic) bond motifs is 1. The molecule has 0 radical (unpaired) electrons. The van der Waals surface area contributed by atoms with E-state index in [0.29, 0.717) is 5.95 Å². The van der Waals surface area contributed by atoms with Crippen molar-refractivity contribution in [2.24, 2.45) is 5.84 Å². The Morgan fingerprint density at radius 1 is 1.00 bits per heavy atom. The molecule has 0 fully saturated rings. The molecule has 0 bridgehead atoms. The van der Waals surface area contributed by atoms with E-state index in [4.69, 9.17) is 5.84 Å². The summed E-state index contributed by atoms with van der Waals surface area (Å²) in [7, 11) is 0. The van der Waals surface area contributed by atoms with Crippen molar-refractivity contribution in [1.82, 2.24) is 9.97 Å². The maximum Gasteiger partial charge on any atom is 0.239 e. The molecule has 3 rings (SSSR count). The zero-order valence-corrected chi connectivity index (χ0v) is 11.8. The number of anilines is 3. The predicted octanol–water partition coefficient (Wildman–Crippen LogP) is 3.07. The van der Waals surface area contributed by atoms with Crippen LogP contribution in [0.15, 0.2) is 54.6 Å². The van der Waals surface area contributed by atoms with Gasteiger partial charge in [0.15, 0.2) is 0 Å². The molecule has 0 unspecified atom stereocenters.